The van der Waals surface area contributed by atoms with E-state index in [1.54, 1.807) is 11.3 Å². The summed E-state index contributed by atoms with van der Waals surface area (Å²) in [6.45, 7) is 2.22. The molecule has 0 N–H and O–H groups in total. The normalized spacial score (nSPS) is 11.0. The second kappa shape index (κ2) is 5.21. The van der Waals surface area contributed by atoms with E-state index in [0.717, 1.165) is 22.5 Å². The zero-order valence-corrected chi connectivity index (χ0v) is 9.81. The second-order valence-electron chi connectivity index (χ2n) is 3.70. The molecule has 15 heavy (non-hydrogen) atoms. The van der Waals surface area contributed by atoms with Gasteiger partial charge >= 0.3 is 0 Å². The fourth-order valence-corrected chi connectivity index (χ4v) is 2.24. The van der Waals surface area contributed by atoms with Crippen LogP contribution >= 0.6 is 11.3 Å². The van der Waals surface area contributed by atoms with Crippen molar-refractivity contribution in [2.24, 2.45) is 0 Å². The van der Waals surface area contributed by atoms with Gasteiger partial charge in [-0.05, 0) is 17.9 Å². The molecule has 0 aliphatic heterocycles. The SMILES string of the molecule is CCCCCCc1n[c]c2sccc2n1. The van der Waals surface area contributed by atoms with Crippen LogP contribution in [0.2, 0.25) is 0 Å². The minimum Gasteiger partial charge on any atom is -0.232 e. The number of aromatic nitrogens is 2. The van der Waals surface area contributed by atoms with Crippen molar-refractivity contribution in [3.05, 3.63) is 23.5 Å². The minimum absolute atomic E-state index is 0.942. The van der Waals surface area contributed by atoms with Gasteiger partial charge in [-0.1, -0.05) is 26.2 Å². The van der Waals surface area contributed by atoms with Gasteiger partial charge in [-0.25, -0.2) is 9.97 Å². The van der Waals surface area contributed by atoms with Crippen LogP contribution in [0.3, 0.4) is 0 Å². The van der Waals surface area contributed by atoms with E-state index in [1.165, 1.54) is 25.7 Å². The van der Waals surface area contributed by atoms with Crippen molar-refractivity contribution in [3.8, 4) is 0 Å². The number of nitrogens with zero attached hydrogens (tertiary/aromatic N) is 2. The summed E-state index contributed by atoms with van der Waals surface area (Å²) in [7, 11) is 0. The van der Waals surface area contributed by atoms with Gasteiger partial charge in [0.2, 0.25) is 0 Å². The summed E-state index contributed by atoms with van der Waals surface area (Å²) in [6.07, 6.45) is 9.09. The predicted octanol–water partition coefficient (Wildman–Crippen LogP) is 3.61. The molecule has 0 aliphatic carbocycles. The topological polar surface area (TPSA) is 25.8 Å². The van der Waals surface area contributed by atoms with Crippen LogP contribution in [0.25, 0.3) is 10.2 Å². The molecule has 2 nitrogen and oxygen atoms in total. The van der Waals surface area contributed by atoms with Gasteiger partial charge in [-0.15, -0.1) is 11.3 Å². The lowest BCUT2D eigenvalue weighted by molar-refractivity contribution is 0.653. The first-order chi connectivity index (χ1) is 7.40. The average molecular weight is 219 g/mol. The molecule has 2 rings (SSSR count). The third kappa shape index (κ3) is 2.75. The highest BCUT2D eigenvalue weighted by Gasteiger charge is 2.01. The molecule has 0 saturated heterocycles. The lowest BCUT2D eigenvalue weighted by Crippen LogP contribution is -1.94. The largest absolute Gasteiger partial charge is 0.232 e. The Bertz CT molecular complexity index is 422. The maximum Gasteiger partial charge on any atom is 0.129 e. The number of hydrogen-bond donors (Lipinski definition) is 0. The standard InChI is InChI=1S/C12H15N2S/c1-2-3-4-5-6-12-13-9-11-10(14-12)7-8-15-11/h7-8H,2-6H2,1H3. The van der Waals surface area contributed by atoms with Crippen molar-refractivity contribution in [3.63, 3.8) is 0 Å². The van der Waals surface area contributed by atoms with Gasteiger partial charge in [0.05, 0.1) is 10.2 Å². The van der Waals surface area contributed by atoms with E-state index in [9.17, 15) is 0 Å². The number of thiophene rings is 1. The zero-order valence-electron chi connectivity index (χ0n) is 8.99. The van der Waals surface area contributed by atoms with E-state index in [4.69, 9.17) is 0 Å². The Balaban J connectivity index is 1.96. The van der Waals surface area contributed by atoms with E-state index in [-0.39, 0.29) is 0 Å². The van der Waals surface area contributed by atoms with E-state index >= 15 is 0 Å². The third-order valence-corrected chi connectivity index (χ3v) is 3.24. The van der Waals surface area contributed by atoms with Crippen molar-refractivity contribution < 1.29 is 0 Å². The molecule has 0 aliphatic rings. The van der Waals surface area contributed by atoms with Gasteiger partial charge in [-0.3, -0.25) is 0 Å². The Morgan fingerprint density at radius 3 is 3.13 bits per heavy atom. The van der Waals surface area contributed by atoms with Crippen molar-refractivity contribution in [1.82, 2.24) is 9.97 Å². The lowest BCUT2D eigenvalue weighted by Gasteiger charge is -1.99. The van der Waals surface area contributed by atoms with E-state index in [1.807, 2.05) is 11.4 Å². The molecule has 2 aromatic heterocycles. The monoisotopic (exact) mass is 219 g/mol. The molecule has 2 heterocycles. The molecule has 0 amide bonds. The van der Waals surface area contributed by atoms with Gasteiger partial charge in [0.1, 0.15) is 12.0 Å². The van der Waals surface area contributed by atoms with Crippen molar-refractivity contribution in [2.75, 3.05) is 0 Å². The molecule has 3 heteroatoms. The van der Waals surface area contributed by atoms with Crippen molar-refractivity contribution in [2.45, 2.75) is 39.0 Å². The van der Waals surface area contributed by atoms with Crippen LogP contribution in [0.1, 0.15) is 38.4 Å². The van der Waals surface area contributed by atoms with Gasteiger partial charge in [0, 0.05) is 6.42 Å². The Morgan fingerprint density at radius 2 is 2.27 bits per heavy atom. The molecule has 0 aromatic carbocycles. The first kappa shape index (κ1) is 10.6. The third-order valence-electron chi connectivity index (χ3n) is 2.43. The summed E-state index contributed by atoms with van der Waals surface area (Å²) in [5.41, 5.74) is 1.04. The van der Waals surface area contributed by atoms with Crippen molar-refractivity contribution in [1.29, 1.82) is 0 Å². The van der Waals surface area contributed by atoms with Crippen LogP contribution < -0.4 is 0 Å². The van der Waals surface area contributed by atoms with Crippen LogP contribution in [0, 0.1) is 6.20 Å². The summed E-state index contributed by atoms with van der Waals surface area (Å²) in [6, 6.07) is 2.04. The summed E-state index contributed by atoms with van der Waals surface area (Å²) >= 11 is 1.65. The van der Waals surface area contributed by atoms with Gasteiger partial charge in [0.25, 0.3) is 0 Å². The molecule has 2 aromatic rings. The van der Waals surface area contributed by atoms with Crippen LogP contribution in [-0.2, 0) is 6.42 Å². The molecule has 0 unspecified atom stereocenters. The Kier molecular flexibility index (Phi) is 3.67. The molecule has 79 valence electrons. The van der Waals surface area contributed by atoms with Gasteiger partial charge in [-0.2, -0.15) is 0 Å². The Labute approximate surface area is 94.4 Å². The lowest BCUT2D eigenvalue weighted by atomic mass is 10.1. The fourth-order valence-electron chi connectivity index (χ4n) is 1.58. The zero-order chi connectivity index (χ0) is 10.5. The molecule has 0 fully saturated rings. The summed E-state index contributed by atoms with van der Waals surface area (Å²) in [5.74, 6) is 0.942. The number of aryl methyl sites for hydroxylation is 1. The summed E-state index contributed by atoms with van der Waals surface area (Å²) < 4.78 is 1.06. The second-order valence-corrected chi connectivity index (χ2v) is 4.61. The molecule has 0 atom stereocenters. The van der Waals surface area contributed by atoms with E-state index in [0.29, 0.717) is 0 Å². The smallest absolute Gasteiger partial charge is 0.129 e. The number of fused-ring (bicyclic) bond motifs is 1. The van der Waals surface area contributed by atoms with Gasteiger partial charge in [0.15, 0.2) is 0 Å². The molecule has 0 bridgehead atoms. The molecular formula is C12H15N2S. The molecule has 1 radical (unpaired) electrons. The number of unbranched alkanes of at least 4 members (excludes halogenated alkanes) is 3. The van der Waals surface area contributed by atoms with Crippen LogP contribution in [0.5, 0.6) is 0 Å². The number of rotatable bonds is 5. The van der Waals surface area contributed by atoms with E-state index in [2.05, 4.69) is 23.1 Å². The number of hydrogen-bond acceptors (Lipinski definition) is 3. The molecular weight excluding hydrogens is 204 g/mol. The quantitative estimate of drug-likeness (QED) is 0.718. The highest BCUT2D eigenvalue weighted by Crippen LogP contribution is 2.17. The Morgan fingerprint density at radius 1 is 1.33 bits per heavy atom. The highest BCUT2D eigenvalue weighted by atomic mass is 32.1. The fraction of sp³-hybridized carbons (Fsp3) is 0.500. The first-order valence-electron chi connectivity index (χ1n) is 5.52. The van der Waals surface area contributed by atoms with Crippen LogP contribution in [-0.4, -0.2) is 9.97 Å². The Hall–Kier alpha value is -0.960. The van der Waals surface area contributed by atoms with Gasteiger partial charge < -0.3 is 0 Å². The first-order valence-corrected chi connectivity index (χ1v) is 6.40. The molecule has 0 spiro atoms. The summed E-state index contributed by atoms with van der Waals surface area (Å²) in [4.78, 5) is 8.75. The predicted molar refractivity (Wildman–Crippen MR) is 64.1 cm³/mol. The summed E-state index contributed by atoms with van der Waals surface area (Å²) in [5, 5.41) is 2.04. The molecule has 0 saturated carbocycles. The maximum atomic E-state index is 4.50. The average Bonchev–Trinajstić information content (AvgIpc) is 2.71. The highest BCUT2D eigenvalue weighted by molar-refractivity contribution is 7.17. The van der Waals surface area contributed by atoms with E-state index < -0.39 is 0 Å². The van der Waals surface area contributed by atoms with Crippen LogP contribution in [0.15, 0.2) is 11.4 Å². The van der Waals surface area contributed by atoms with Crippen molar-refractivity contribution >= 4 is 21.6 Å². The maximum absolute atomic E-state index is 4.50. The minimum atomic E-state index is 0.942. The van der Waals surface area contributed by atoms with Crippen LogP contribution in [0.4, 0.5) is 0 Å².